The second-order valence-corrected chi connectivity index (χ2v) is 4.68. The molecule has 1 aromatic carbocycles. The van der Waals surface area contributed by atoms with Crippen LogP contribution in [0.1, 0.15) is 31.7 Å². The van der Waals surface area contributed by atoms with Gasteiger partial charge in [0.15, 0.2) is 0 Å². The van der Waals surface area contributed by atoms with Crippen molar-refractivity contribution in [1.29, 1.82) is 0 Å². The maximum Gasteiger partial charge on any atom is 0.0392 e. The summed E-state index contributed by atoms with van der Waals surface area (Å²) < 4.78 is 0. The lowest BCUT2D eigenvalue weighted by atomic mass is 10.0. The normalized spacial score (nSPS) is 25.5. The second kappa shape index (κ2) is 4.13. The number of anilines is 2. The maximum atomic E-state index is 5.89. The van der Waals surface area contributed by atoms with Crippen molar-refractivity contribution in [2.45, 2.75) is 39.2 Å². The van der Waals surface area contributed by atoms with E-state index in [0.29, 0.717) is 6.04 Å². The van der Waals surface area contributed by atoms with Crippen molar-refractivity contribution in [2.24, 2.45) is 5.92 Å². The summed E-state index contributed by atoms with van der Waals surface area (Å²) in [6.45, 7) is 4.41. The van der Waals surface area contributed by atoms with Crippen LogP contribution in [0.4, 0.5) is 11.4 Å². The molecule has 2 rings (SSSR count). The number of nitrogens with two attached hydrogens (primary N) is 1. The molecular formula is C13H20N2. The summed E-state index contributed by atoms with van der Waals surface area (Å²) in [6.07, 6.45) is 3.98. The number of rotatable bonds is 2. The van der Waals surface area contributed by atoms with Gasteiger partial charge >= 0.3 is 0 Å². The third-order valence-corrected chi connectivity index (χ3v) is 3.58. The summed E-state index contributed by atoms with van der Waals surface area (Å²) in [7, 11) is 0. The Morgan fingerprint density at radius 3 is 2.80 bits per heavy atom. The molecule has 2 unspecified atom stereocenters. The average Bonchev–Trinajstić information content (AvgIpc) is 2.60. The minimum Gasteiger partial charge on any atom is -0.398 e. The van der Waals surface area contributed by atoms with E-state index in [9.17, 15) is 0 Å². The number of hydrogen-bond acceptors (Lipinski definition) is 2. The molecule has 1 aliphatic rings. The predicted molar refractivity (Wildman–Crippen MR) is 66.0 cm³/mol. The fourth-order valence-electron chi connectivity index (χ4n) is 2.37. The van der Waals surface area contributed by atoms with E-state index in [1.165, 1.54) is 30.5 Å². The zero-order valence-electron chi connectivity index (χ0n) is 9.59. The van der Waals surface area contributed by atoms with Crippen LogP contribution >= 0.6 is 0 Å². The Hall–Kier alpha value is -1.18. The summed E-state index contributed by atoms with van der Waals surface area (Å²) >= 11 is 0. The lowest BCUT2D eigenvalue weighted by Crippen LogP contribution is -2.22. The Morgan fingerprint density at radius 2 is 2.13 bits per heavy atom. The SMILES string of the molecule is Cc1c(N)cccc1NC1CCCC1C. The molecule has 0 amide bonds. The van der Waals surface area contributed by atoms with E-state index in [0.717, 1.165) is 11.6 Å². The lowest BCUT2D eigenvalue weighted by molar-refractivity contribution is 0.556. The maximum absolute atomic E-state index is 5.89. The van der Waals surface area contributed by atoms with Gasteiger partial charge in [-0.15, -0.1) is 0 Å². The third-order valence-electron chi connectivity index (χ3n) is 3.58. The van der Waals surface area contributed by atoms with Crippen LogP contribution < -0.4 is 11.1 Å². The topological polar surface area (TPSA) is 38.0 Å². The number of nitrogen functional groups attached to an aromatic ring is 1. The predicted octanol–water partition coefficient (Wildman–Crippen LogP) is 3.18. The van der Waals surface area contributed by atoms with Gasteiger partial charge in [0.05, 0.1) is 0 Å². The molecule has 0 saturated heterocycles. The van der Waals surface area contributed by atoms with E-state index in [4.69, 9.17) is 5.73 Å². The fraction of sp³-hybridized carbons (Fsp3) is 0.538. The molecule has 1 saturated carbocycles. The minimum atomic E-state index is 0.630. The van der Waals surface area contributed by atoms with Crippen molar-refractivity contribution < 1.29 is 0 Å². The van der Waals surface area contributed by atoms with Gasteiger partial charge in [-0.2, -0.15) is 0 Å². The molecule has 0 bridgehead atoms. The first kappa shape index (κ1) is 10.3. The van der Waals surface area contributed by atoms with Gasteiger partial charge in [0, 0.05) is 17.4 Å². The van der Waals surface area contributed by atoms with E-state index in [1.807, 2.05) is 12.1 Å². The first-order valence-electron chi connectivity index (χ1n) is 5.80. The Morgan fingerprint density at radius 1 is 1.33 bits per heavy atom. The van der Waals surface area contributed by atoms with Gasteiger partial charge in [-0.25, -0.2) is 0 Å². The molecule has 0 heterocycles. The molecular weight excluding hydrogens is 184 g/mol. The standard InChI is InChI=1S/C13H20N2/c1-9-5-3-7-12(9)15-13-8-4-6-11(14)10(13)2/h4,6,8-9,12,15H,3,5,7,14H2,1-2H3. The van der Waals surface area contributed by atoms with Crippen LogP contribution in [-0.4, -0.2) is 6.04 Å². The van der Waals surface area contributed by atoms with Gasteiger partial charge < -0.3 is 11.1 Å². The Balaban J connectivity index is 2.13. The molecule has 2 atom stereocenters. The Bertz CT molecular complexity index is 346. The largest absolute Gasteiger partial charge is 0.398 e. The van der Waals surface area contributed by atoms with Crippen molar-refractivity contribution in [1.82, 2.24) is 0 Å². The van der Waals surface area contributed by atoms with Crippen LogP contribution in [0.25, 0.3) is 0 Å². The van der Waals surface area contributed by atoms with Gasteiger partial charge in [0.1, 0.15) is 0 Å². The van der Waals surface area contributed by atoms with Crippen LogP contribution in [0, 0.1) is 12.8 Å². The molecule has 82 valence electrons. The zero-order valence-corrected chi connectivity index (χ0v) is 9.59. The van der Waals surface area contributed by atoms with E-state index in [1.54, 1.807) is 0 Å². The highest BCUT2D eigenvalue weighted by Gasteiger charge is 2.23. The Kier molecular flexibility index (Phi) is 2.85. The highest BCUT2D eigenvalue weighted by atomic mass is 14.9. The molecule has 2 heteroatoms. The van der Waals surface area contributed by atoms with Crippen LogP contribution in [0.15, 0.2) is 18.2 Å². The van der Waals surface area contributed by atoms with E-state index < -0.39 is 0 Å². The Labute approximate surface area is 91.9 Å². The van der Waals surface area contributed by atoms with Crippen LogP contribution in [0.3, 0.4) is 0 Å². The van der Waals surface area contributed by atoms with Gasteiger partial charge in [0.2, 0.25) is 0 Å². The fourth-order valence-corrected chi connectivity index (χ4v) is 2.37. The summed E-state index contributed by atoms with van der Waals surface area (Å²) in [6, 6.07) is 6.73. The van der Waals surface area contributed by atoms with Gasteiger partial charge in [-0.3, -0.25) is 0 Å². The van der Waals surface area contributed by atoms with E-state index in [-0.39, 0.29) is 0 Å². The first-order valence-corrected chi connectivity index (χ1v) is 5.80. The van der Waals surface area contributed by atoms with Crippen molar-refractivity contribution in [3.8, 4) is 0 Å². The number of hydrogen-bond donors (Lipinski definition) is 2. The molecule has 1 aromatic rings. The highest BCUT2D eigenvalue weighted by Crippen LogP contribution is 2.30. The average molecular weight is 204 g/mol. The van der Waals surface area contributed by atoms with Crippen LogP contribution in [0.2, 0.25) is 0 Å². The van der Waals surface area contributed by atoms with Crippen molar-refractivity contribution in [2.75, 3.05) is 11.1 Å². The van der Waals surface area contributed by atoms with Gasteiger partial charge in [-0.1, -0.05) is 19.4 Å². The summed E-state index contributed by atoms with van der Waals surface area (Å²) in [5.41, 5.74) is 9.15. The number of nitrogens with one attached hydrogen (secondary N) is 1. The van der Waals surface area contributed by atoms with Crippen molar-refractivity contribution in [3.05, 3.63) is 23.8 Å². The summed E-state index contributed by atoms with van der Waals surface area (Å²) in [5.74, 6) is 0.783. The van der Waals surface area contributed by atoms with E-state index in [2.05, 4.69) is 25.2 Å². The molecule has 15 heavy (non-hydrogen) atoms. The van der Waals surface area contributed by atoms with Crippen LogP contribution in [0.5, 0.6) is 0 Å². The molecule has 3 N–H and O–H groups in total. The molecule has 0 aliphatic heterocycles. The minimum absolute atomic E-state index is 0.630. The van der Waals surface area contributed by atoms with E-state index >= 15 is 0 Å². The first-order chi connectivity index (χ1) is 7.18. The second-order valence-electron chi connectivity index (χ2n) is 4.68. The van der Waals surface area contributed by atoms with Gasteiger partial charge in [0.25, 0.3) is 0 Å². The highest BCUT2D eigenvalue weighted by molar-refractivity contribution is 5.63. The van der Waals surface area contributed by atoms with Gasteiger partial charge in [-0.05, 0) is 43.4 Å². The summed E-state index contributed by atoms with van der Waals surface area (Å²) in [4.78, 5) is 0. The molecule has 0 spiro atoms. The molecule has 1 aliphatic carbocycles. The monoisotopic (exact) mass is 204 g/mol. The third kappa shape index (κ3) is 2.09. The van der Waals surface area contributed by atoms with Crippen LogP contribution in [-0.2, 0) is 0 Å². The molecule has 0 aromatic heterocycles. The van der Waals surface area contributed by atoms with Crippen molar-refractivity contribution >= 4 is 11.4 Å². The lowest BCUT2D eigenvalue weighted by Gasteiger charge is -2.20. The molecule has 1 fully saturated rings. The molecule has 0 radical (unpaired) electrons. The zero-order chi connectivity index (χ0) is 10.8. The van der Waals surface area contributed by atoms with Crippen molar-refractivity contribution in [3.63, 3.8) is 0 Å². The molecule has 2 nitrogen and oxygen atoms in total. The summed E-state index contributed by atoms with van der Waals surface area (Å²) in [5, 5.41) is 3.62. The number of benzene rings is 1. The smallest absolute Gasteiger partial charge is 0.0392 e. The quantitative estimate of drug-likeness (QED) is 0.726.